The number of hydrogen-bond acceptors (Lipinski definition) is 7. The van der Waals surface area contributed by atoms with E-state index in [4.69, 9.17) is 11.6 Å². The van der Waals surface area contributed by atoms with E-state index < -0.39 is 6.04 Å². The fraction of sp³-hybridized carbons (Fsp3) is 0.190. The average molecular weight is 487 g/mol. The first-order valence-electron chi connectivity index (χ1n) is 9.65. The highest BCUT2D eigenvalue weighted by Gasteiger charge is 2.20. The Balaban J connectivity index is 1.35. The summed E-state index contributed by atoms with van der Waals surface area (Å²) in [4.78, 5) is 29.3. The summed E-state index contributed by atoms with van der Waals surface area (Å²) in [7, 11) is 1.79. The first-order chi connectivity index (χ1) is 15.4. The predicted octanol–water partition coefficient (Wildman–Crippen LogP) is 4.30. The smallest absolute Gasteiger partial charge is 0.253 e. The molecule has 4 rings (SSSR count). The molecule has 32 heavy (non-hydrogen) atoms. The van der Waals surface area contributed by atoms with E-state index in [0.717, 1.165) is 10.2 Å². The van der Waals surface area contributed by atoms with Crippen molar-refractivity contribution in [2.45, 2.75) is 18.1 Å². The van der Waals surface area contributed by atoms with Crippen LogP contribution in [0.25, 0.3) is 10.2 Å². The average Bonchev–Trinajstić information content (AvgIpc) is 3.34. The molecule has 0 aliphatic rings. The molecule has 0 bridgehead atoms. The third-order valence-electron chi connectivity index (χ3n) is 4.59. The highest BCUT2D eigenvalue weighted by atomic mass is 35.5. The van der Waals surface area contributed by atoms with Gasteiger partial charge in [0.15, 0.2) is 16.1 Å². The number of thiazole rings is 1. The zero-order valence-electron chi connectivity index (χ0n) is 17.2. The number of thioether (sulfide) groups is 1. The van der Waals surface area contributed by atoms with Crippen LogP contribution in [-0.4, -0.2) is 37.3 Å². The first-order valence-corrected chi connectivity index (χ1v) is 11.8. The molecular formula is C21H19ClN6O2S2. The number of carbonyl (C=O) groups is 2. The minimum atomic E-state index is -0.401. The first kappa shape index (κ1) is 22.3. The number of nitrogens with zero attached hydrogens (tertiary/aromatic N) is 4. The summed E-state index contributed by atoms with van der Waals surface area (Å²) in [6.07, 6.45) is 0. The van der Waals surface area contributed by atoms with Crippen LogP contribution in [0.1, 0.15) is 29.1 Å². The molecule has 0 aliphatic heterocycles. The number of para-hydroxylation sites is 1. The molecule has 0 radical (unpaired) electrons. The maximum absolute atomic E-state index is 12.5. The molecule has 2 aromatic heterocycles. The van der Waals surface area contributed by atoms with Gasteiger partial charge < -0.3 is 15.2 Å². The van der Waals surface area contributed by atoms with Crippen molar-refractivity contribution in [1.82, 2.24) is 25.1 Å². The van der Waals surface area contributed by atoms with Crippen LogP contribution in [0.5, 0.6) is 0 Å². The summed E-state index contributed by atoms with van der Waals surface area (Å²) >= 11 is 8.78. The number of aromatic nitrogens is 4. The molecule has 0 unspecified atom stereocenters. The van der Waals surface area contributed by atoms with Crippen LogP contribution in [0.2, 0.25) is 5.02 Å². The van der Waals surface area contributed by atoms with Gasteiger partial charge in [-0.2, -0.15) is 0 Å². The molecule has 0 aliphatic carbocycles. The number of nitrogens with one attached hydrogen (secondary N) is 2. The minimum absolute atomic E-state index is 0.155. The van der Waals surface area contributed by atoms with E-state index in [2.05, 4.69) is 25.8 Å². The monoisotopic (exact) mass is 486 g/mol. The van der Waals surface area contributed by atoms with Gasteiger partial charge in [-0.05, 0) is 31.2 Å². The van der Waals surface area contributed by atoms with Gasteiger partial charge in [-0.25, -0.2) is 4.98 Å². The number of benzene rings is 2. The van der Waals surface area contributed by atoms with Gasteiger partial charge in [-0.1, -0.05) is 59.0 Å². The zero-order chi connectivity index (χ0) is 22.7. The standard InChI is InChI=1S/C21H19ClN6O2S2/c1-12(23-19(30)13-7-3-4-8-14(13)22)18-26-27-21(28(18)2)31-11-17(29)25-20-24-15-9-5-6-10-16(15)32-20/h3-10,12H,11H2,1-2H3,(H,23,30)(H,24,25,29)/t12-/m0/s1. The topological polar surface area (TPSA) is 102 Å². The van der Waals surface area contributed by atoms with E-state index in [0.29, 0.717) is 26.7 Å². The van der Waals surface area contributed by atoms with E-state index >= 15 is 0 Å². The lowest BCUT2D eigenvalue weighted by Crippen LogP contribution is -2.28. The Morgan fingerprint density at radius 3 is 2.69 bits per heavy atom. The van der Waals surface area contributed by atoms with Crippen LogP contribution >= 0.6 is 34.7 Å². The summed E-state index contributed by atoms with van der Waals surface area (Å²) in [6, 6.07) is 14.2. The van der Waals surface area contributed by atoms with Crippen molar-refractivity contribution in [2.75, 3.05) is 11.1 Å². The Kier molecular flexibility index (Phi) is 6.73. The highest BCUT2D eigenvalue weighted by Crippen LogP contribution is 2.26. The molecular weight excluding hydrogens is 468 g/mol. The molecule has 0 saturated carbocycles. The third-order valence-corrected chi connectivity index (χ3v) is 6.90. The van der Waals surface area contributed by atoms with Crippen molar-refractivity contribution < 1.29 is 9.59 Å². The van der Waals surface area contributed by atoms with Crippen LogP contribution < -0.4 is 10.6 Å². The van der Waals surface area contributed by atoms with E-state index in [-0.39, 0.29) is 17.6 Å². The quantitative estimate of drug-likeness (QED) is 0.377. The summed E-state index contributed by atoms with van der Waals surface area (Å²) in [5.41, 5.74) is 1.25. The van der Waals surface area contributed by atoms with Gasteiger partial charge in [0.25, 0.3) is 5.91 Å². The van der Waals surface area contributed by atoms with Crippen molar-refractivity contribution in [1.29, 1.82) is 0 Å². The van der Waals surface area contributed by atoms with Gasteiger partial charge in [-0.3, -0.25) is 9.59 Å². The van der Waals surface area contributed by atoms with E-state index in [1.54, 1.807) is 35.9 Å². The molecule has 0 fully saturated rings. The Labute approximate surface area is 197 Å². The maximum atomic E-state index is 12.5. The lowest BCUT2D eigenvalue weighted by molar-refractivity contribution is -0.113. The van der Waals surface area contributed by atoms with Crippen LogP contribution in [0.15, 0.2) is 53.7 Å². The van der Waals surface area contributed by atoms with Gasteiger partial charge in [0.2, 0.25) is 5.91 Å². The molecule has 8 nitrogen and oxygen atoms in total. The SMILES string of the molecule is C[C@H](NC(=O)c1ccccc1Cl)c1nnc(SCC(=O)Nc2nc3ccccc3s2)n1C. The number of anilines is 1. The molecule has 164 valence electrons. The number of amides is 2. The Bertz CT molecular complexity index is 1260. The fourth-order valence-electron chi connectivity index (χ4n) is 3.02. The zero-order valence-corrected chi connectivity index (χ0v) is 19.6. The minimum Gasteiger partial charge on any atom is -0.342 e. The van der Waals surface area contributed by atoms with Crippen LogP contribution in [0.3, 0.4) is 0 Å². The third kappa shape index (κ3) is 4.93. The molecule has 2 aromatic carbocycles. The molecule has 2 heterocycles. The number of hydrogen-bond donors (Lipinski definition) is 2. The number of fused-ring (bicyclic) bond motifs is 1. The van der Waals surface area contributed by atoms with E-state index in [1.165, 1.54) is 23.1 Å². The van der Waals surface area contributed by atoms with Gasteiger partial charge in [-0.15, -0.1) is 10.2 Å². The number of carbonyl (C=O) groups excluding carboxylic acids is 2. The summed E-state index contributed by atoms with van der Waals surface area (Å²) in [5, 5.41) is 15.5. The second-order valence-corrected chi connectivity index (χ2v) is 9.28. The van der Waals surface area contributed by atoms with Crippen molar-refractivity contribution in [3.63, 3.8) is 0 Å². The van der Waals surface area contributed by atoms with E-state index in [9.17, 15) is 9.59 Å². The molecule has 4 aromatic rings. The van der Waals surface area contributed by atoms with Crippen LogP contribution in [0.4, 0.5) is 5.13 Å². The largest absolute Gasteiger partial charge is 0.342 e. The van der Waals surface area contributed by atoms with Crippen LogP contribution in [-0.2, 0) is 11.8 Å². The highest BCUT2D eigenvalue weighted by molar-refractivity contribution is 7.99. The molecule has 1 atom stereocenters. The Hall–Kier alpha value is -2.95. The molecule has 11 heteroatoms. The van der Waals surface area contributed by atoms with Gasteiger partial charge in [0.05, 0.1) is 32.6 Å². The molecule has 2 N–H and O–H groups in total. The Morgan fingerprint density at radius 1 is 1.16 bits per heavy atom. The van der Waals surface area contributed by atoms with Crippen molar-refractivity contribution in [2.24, 2.45) is 7.05 Å². The summed E-state index contributed by atoms with van der Waals surface area (Å²) in [5.74, 6) is 0.246. The fourth-order valence-corrected chi connectivity index (χ4v) is 4.85. The predicted molar refractivity (Wildman–Crippen MR) is 127 cm³/mol. The Morgan fingerprint density at radius 2 is 1.91 bits per heavy atom. The van der Waals surface area contributed by atoms with Crippen molar-refractivity contribution in [3.8, 4) is 0 Å². The van der Waals surface area contributed by atoms with Crippen LogP contribution in [0, 0.1) is 0 Å². The normalized spacial score (nSPS) is 12.0. The maximum Gasteiger partial charge on any atom is 0.253 e. The van der Waals surface area contributed by atoms with Gasteiger partial charge >= 0.3 is 0 Å². The summed E-state index contributed by atoms with van der Waals surface area (Å²) in [6.45, 7) is 1.81. The molecule has 0 spiro atoms. The molecule has 0 saturated heterocycles. The lowest BCUT2D eigenvalue weighted by atomic mass is 10.2. The van der Waals surface area contributed by atoms with Crippen molar-refractivity contribution in [3.05, 3.63) is 64.9 Å². The van der Waals surface area contributed by atoms with Crippen molar-refractivity contribution >= 4 is 61.9 Å². The van der Waals surface area contributed by atoms with Gasteiger partial charge in [0, 0.05) is 7.05 Å². The number of rotatable bonds is 7. The second-order valence-electron chi connectivity index (χ2n) is 6.90. The lowest BCUT2D eigenvalue weighted by Gasteiger charge is -2.14. The second kappa shape index (κ2) is 9.68. The summed E-state index contributed by atoms with van der Waals surface area (Å²) < 4.78 is 2.77. The number of halogens is 1. The van der Waals surface area contributed by atoms with E-state index in [1.807, 2.05) is 31.2 Å². The van der Waals surface area contributed by atoms with Gasteiger partial charge in [0.1, 0.15) is 0 Å². The molecule has 2 amide bonds.